The molecular formula is C13H23NO2. The highest BCUT2D eigenvalue weighted by atomic mass is 16.3. The van der Waals surface area contributed by atoms with Crippen LogP contribution in [-0.2, 0) is 4.79 Å². The van der Waals surface area contributed by atoms with Crippen molar-refractivity contribution in [1.82, 2.24) is 4.90 Å². The number of carbonyl (C=O) groups excluding carboxylic acids is 1. The van der Waals surface area contributed by atoms with E-state index < -0.39 is 0 Å². The van der Waals surface area contributed by atoms with Gasteiger partial charge in [-0.15, -0.1) is 0 Å². The zero-order valence-corrected chi connectivity index (χ0v) is 10.2. The van der Waals surface area contributed by atoms with Gasteiger partial charge in [-0.05, 0) is 38.6 Å². The summed E-state index contributed by atoms with van der Waals surface area (Å²) in [5.74, 6) is 1.40. The van der Waals surface area contributed by atoms with Crippen LogP contribution in [0.2, 0.25) is 0 Å². The first-order chi connectivity index (χ1) is 7.65. The molecule has 0 aromatic carbocycles. The van der Waals surface area contributed by atoms with E-state index in [1.54, 1.807) is 0 Å². The van der Waals surface area contributed by atoms with Gasteiger partial charge in [0.1, 0.15) is 5.78 Å². The Labute approximate surface area is 97.8 Å². The molecule has 1 atom stereocenters. The van der Waals surface area contributed by atoms with E-state index in [1.165, 1.54) is 6.42 Å². The number of hydrogen-bond acceptors (Lipinski definition) is 3. The third-order valence-corrected chi connectivity index (χ3v) is 3.99. The van der Waals surface area contributed by atoms with Crippen molar-refractivity contribution in [2.75, 3.05) is 20.1 Å². The fourth-order valence-corrected chi connectivity index (χ4v) is 2.99. The van der Waals surface area contributed by atoms with Crippen LogP contribution in [0.15, 0.2) is 0 Å². The van der Waals surface area contributed by atoms with Gasteiger partial charge >= 0.3 is 0 Å². The normalized spacial score (nSPS) is 35.2. The molecule has 2 saturated carbocycles. The Balaban J connectivity index is 1.69. The number of aliphatic hydroxyl groups excluding tert-OH is 1. The summed E-state index contributed by atoms with van der Waals surface area (Å²) in [7, 11) is 2.10. The summed E-state index contributed by atoms with van der Waals surface area (Å²) >= 11 is 0. The van der Waals surface area contributed by atoms with Gasteiger partial charge < -0.3 is 10.0 Å². The molecule has 3 heteroatoms. The van der Waals surface area contributed by atoms with Gasteiger partial charge in [-0.2, -0.15) is 0 Å². The van der Waals surface area contributed by atoms with E-state index in [1.807, 2.05) is 0 Å². The zero-order valence-electron chi connectivity index (χ0n) is 10.2. The highest BCUT2D eigenvalue weighted by Crippen LogP contribution is 2.28. The Bertz CT molecular complexity index is 248. The van der Waals surface area contributed by atoms with Crippen LogP contribution in [0.3, 0.4) is 0 Å². The standard InChI is InChI=1S/C13H23NO2/c1-14(8-10-6-12(15)7-10)9-11-4-2-3-5-13(11)16/h10-12,15H,2-9H2,1H3. The lowest BCUT2D eigenvalue weighted by Gasteiger charge is -2.35. The maximum Gasteiger partial charge on any atom is 0.137 e. The number of rotatable bonds is 4. The zero-order chi connectivity index (χ0) is 11.5. The molecule has 0 heterocycles. The second kappa shape index (κ2) is 5.28. The summed E-state index contributed by atoms with van der Waals surface area (Å²) in [5, 5.41) is 9.22. The molecule has 0 aromatic rings. The molecule has 0 spiro atoms. The molecule has 0 amide bonds. The lowest BCUT2D eigenvalue weighted by atomic mass is 9.81. The van der Waals surface area contributed by atoms with E-state index in [9.17, 15) is 9.90 Å². The minimum Gasteiger partial charge on any atom is -0.393 e. The third-order valence-electron chi connectivity index (χ3n) is 3.99. The Morgan fingerprint density at radius 2 is 2.06 bits per heavy atom. The van der Waals surface area contributed by atoms with E-state index >= 15 is 0 Å². The van der Waals surface area contributed by atoms with Gasteiger partial charge in [0.05, 0.1) is 6.10 Å². The minimum atomic E-state index is -0.0605. The van der Waals surface area contributed by atoms with Crippen LogP contribution in [0.4, 0.5) is 0 Å². The van der Waals surface area contributed by atoms with Gasteiger partial charge in [0.15, 0.2) is 0 Å². The van der Waals surface area contributed by atoms with Crippen molar-refractivity contribution in [1.29, 1.82) is 0 Å². The number of ketones is 1. The molecule has 3 nitrogen and oxygen atoms in total. The highest BCUT2D eigenvalue weighted by Gasteiger charge is 2.29. The van der Waals surface area contributed by atoms with Crippen molar-refractivity contribution in [3.8, 4) is 0 Å². The molecule has 0 aromatic heterocycles. The van der Waals surface area contributed by atoms with Gasteiger partial charge in [-0.1, -0.05) is 6.42 Å². The minimum absolute atomic E-state index is 0.0605. The van der Waals surface area contributed by atoms with Crippen LogP contribution in [0.5, 0.6) is 0 Å². The first-order valence-corrected chi connectivity index (χ1v) is 6.54. The Kier molecular flexibility index (Phi) is 3.98. The number of Topliss-reactive ketones (excluding diaryl/α,β-unsaturated/α-hetero) is 1. The van der Waals surface area contributed by atoms with Crippen molar-refractivity contribution < 1.29 is 9.90 Å². The van der Waals surface area contributed by atoms with E-state index in [2.05, 4.69) is 11.9 Å². The van der Waals surface area contributed by atoms with Gasteiger partial charge in [0.25, 0.3) is 0 Å². The lowest BCUT2D eigenvalue weighted by Crippen LogP contribution is -2.40. The van der Waals surface area contributed by atoms with Crippen molar-refractivity contribution in [2.24, 2.45) is 11.8 Å². The quantitative estimate of drug-likeness (QED) is 0.787. The molecule has 1 unspecified atom stereocenters. The molecule has 0 bridgehead atoms. The molecule has 2 aliphatic carbocycles. The summed E-state index contributed by atoms with van der Waals surface area (Å²) in [6.45, 7) is 1.96. The van der Waals surface area contributed by atoms with E-state index in [0.29, 0.717) is 11.7 Å². The number of aliphatic hydroxyl groups is 1. The molecule has 16 heavy (non-hydrogen) atoms. The SMILES string of the molecule is CN(CC1CC(O)C1)CC1CCCCC1=O. The van der Waals surface area contributed by atoms with Gasteiger partial charge in [0, 0.05) is 25.4 Å². The number of nitrogens with zero attached hydrogens (tertiary/aromatic N) is 1. The molecule has 1 N–H and O–H groups in total. The van der Waals surface area contributed by atoms with E-state index in [4.69, 9.17) is 0 Å². The molecule has 2 rings (SSSR count). The average Bonchev–Trinajstić information content (AvgIpc) is 2.19. The van der Waals surface area contributed by atoms with E-state index in [-0.39, 0.29) is 12.0 Å². The third kappa shape index (κ3) is 3.05. The van der Waals surface area contributed by atoms with Gasteiger partial charge in [-0.25, -0.2) is 0 Å². The summed E-state index contributed by atoms with van der Waals surface area (Å²) in [4.78, 5) is 14.0. The Morgan fingerprint density at radius 1 is 1.31 bits per heavy atom. The van der Waals surface area contributed by atoms with Crippen LogP contribution in [0.1, 0.15) is 38.5 Å². The van der Waals surface area contributed by atoms with Crippen molar-refractivity contribution in [3.05, 3.63) is 0 Å². The van der Waals surface area contributed by atoms with Crippen LogP contribution in [0.25, 0.3) is 0 Å². The van der Waals surface area contributed by atoms with Crippen LogP contribution < -0.4 is 0 Å². The van der Waals surface area contributed by atoms with Crippen molar-refractivity contribution in [3.63, 3.8) is 0 Å². The fraction of sp³-hybridized carbons (Fsp3) is 0.923. The maximum absolute atomic E-state index is 11.7. The Morgan fingerprint density at radius 3 is 2.69 bits per heavy atom. The number of hydrogen-bond donors (Lipinski definition) is 1. The molecule has 0 radical (unpaired) electrons. The molecular weight excluding hydrogens is 202 g/mol. The molecule has 2 fully saturated rings. The summed E-state index contributed by atoms with van der Waals surface area (Å²) in [5.41, 5.74) is 0. The van der Waals surface area contributed by atoms with Crippen LogP contribution in [-0.4, -0.2) is 42.0 Å². The second-order valence-electron chi connectivity index (χ2n) is 5.62. The van der Waals surface area contributed by atoms with Gasteiger partial charge in [0.2, 0.25) is 0 Å². The fourth-order valence-electron chi connectivity index (χ4n) is 2.99. The first-order valence-electron chi connectivity index (χ1n) is 6.54. The van der Waals surface area contributed by atoms with Crippen molar-refractivity contribution in [2.45, 2.75) is 44.6 Å². The van der Waals surface area contributed by atoms with Crippen LogP contribution in [0, 0.1) is 11.8 Å². The smallest absolute Gasteiger partial charge is 0.137 e. The summed E-state index contributed by atoms with van der Waals surface area (Å²) in [6.07, 6.45) is 6.01. The summed E-state index contributed by atoms with van der Waals surface area (Å²) < 4.78 is 0. The molecule has 0 aliphatic heterocycles. The highest BCUT2D eigenvalue weighted by molar-refractivity contribution is 5.81. The second-order valence-corrected chi connectivity index (χ2v) is 5.62. The van der Waals surface area contributed by atoms with Crippen LogP contribution >= 0.6 is 0 Å². The predicted molar refractivity (Wildman–Crippen MR) is 63.2 cm³/mol. The van der Waals surface area contributed by atoms with Gasteiger partial charge in [-0.3, -0.25) is 4.79 Å². The predicted octanol–water partition coefficient (Wildman–Crippen LogP) is 1.45. The van der Waals surface area contributed by atoms with E-state index in [0.717, 1.165) is 45.2 Å². The average molecular weight is 225 g/mol. The largest absolute Gasteiger partial charge is 0.393 e. The van der Waals surface area contributed by atoms with Crippen molar-refractivity contribution >= 4 is 5.78 Å². The summed E-state index contributed by atoms with van der Waals surface area (Å²) in [6, 6.07) is 0. The first kappa shape index (κ1) is 12.1. The molecule has 92 valence electrons. The molecule has 0 saturated heterocycles. The lowest BCUT2D eigenvalue weighted by molar-refractivity contribution is -0.125. The topological polar surface area (TPSA) is 40.5 Å². The Hall–Kier alpha value is -0.410. The maximum atomic E-state index is 11.7. The number of carbonyl (C=O) groups is 1. The monoisotopic (exact) mass is 225 g/mol. The molecule has 2 aliphatic rings.